The largest absolute Gasteiger partial charge is 0.311 e. The molecule has 4 nitrogen and oxygen atoms in total. The smallest absolute Gasteiger partial charge is 0.160 e. The van der Waals surface area contributed by atoms with Crippen molar-refractivity contribution in [3.8, 4) is 0 Å². The minimum Gasteiger partial charge on any atom is -0.311 e. The minimum atomic E-state index is 0.591. The lowest BCUT2D eigenvalue weighted by Crippen LogP contribution is -2.27. The van der Waals surface area contributed by atoms with Gasteiger partial charge < -0.3 is 9.47 Å². The van der Waals surface area contributed by atoms with Crippen molar-refractivity contribution in [2.75, 3.05) is 25.5 Å². The molecule has 0 atom stereocenters. The Morgan fingerprint density at radius 2 is 1.95 bits per heavy atom. The molecule has 0 saturated carbocycles. The summed E-state index contributed by atoms with van der Waals surface area (Å²) in [5, 5.41) is 0. The summed E-state index contributed by atoms with van der Waals surface area (Å²) in [6, 6.07) is 4.05. The van der Waals surface area contributed by atoms with Gasteiger partial charge in [0.1, 0.15) is 11.3 Å². The summed E-state index contributed by atoms with van der Waals surface area (Å²) in [4.78, 5) is 11.7. The van der Waals surface area contributed by atoms with Crippen LogP contribution in [0.4, 0.5) is 0 Å². The Balaban J connectivity index is 2.32. The van der Waals surface area contributed by atoms with Gasteiger partial charge in [-0.2, -0.15) is 0 Å². The predicted octanol–water partition coefficient (Wildman–Crippen LogP) is 2.86. The van der Waals surface area contributed by atoms with Crippen molar-refractivity contribution in [3.05, 3.63) is 23.7 Å². The molecule has 5 heteroatoms. The fourth-order valence-corrected chi connectivity index (χ4v) is 2.60. The number of halogens is 1. The monoisotopic (exact) mass is 294 g/mol. The van der Waals surface area contributed by atoms with E-state index in [4.69, 9.17) is 11.6 Å². The van der Waals surface area contributed by atoms with E-state index in [9.17, 15) is 0 Å². The maximum absolute atomic E-state index is 5.90. The molecule has 0 radical (unpaired) electrons. The molecule has 0 bridgehead atoms. The number of hydrogen-bond donors (Lipinski definition) is 0. The zero-order valence-corrected chi connectivity index (χ0v) is 13.3. The molecule has 20 heavy (non-hydrogen) atoms. The first kappa shape index (κ1) is 15.3. The van der Waals surface area contributed by atoms with Crippen molar-refractivity contribution in [1.29, 1.82) is 0 Å². The van der Waals surface area contributed by atoms with Crippen molar-refractivity contribution >= 4 is 22.8 Å². The second kappa shape index (κ2) is 7.04. The second-order valence-electron chi connectivity index (χ2n) is 4.94. The van der Waals surface area contributed by atoms with Crippen LogP contribution in [0.15, 0.2) is 12.1 Å². The first-order chi connectivity index (χ1) is 9.69. The lowest BCUT2D eigenvalue weighted by Gasteiger charge is -2.19. The fraction of sp³-hybridized carbons (Fsp3) is 0.600. The molecule has 2 rings (SSSR count). The molecule has 0 N–H and O–H groups in total. The third-order valence-electron chi connectivity index (χ3n) is 3.66. The number of nitrogens with zero attached hydrogens (tertiary/aromatic N) is 4. The van der Waals surface area contributed by atoms with Gasteiger partial charge in [-0.25, -0.2) is 9.97 Å². The Bertz CT molecular complexity index is 560. The zero-order chi connectivity index (χ0) is 14.5. The maximum atomic E-state index is 5.90. The normalized spacial score (nSPS) is 11.7. The van der Waals surface area contributed by atoms with Gasteiger partial charge in [0.05, 0.1) is 0 Å². The molecule has 0 fully saturated rings. The molecular formula is C15H23ClN4. The van der Waals surface area contributed by atoms with Crippen LogP contribution in [0.2, 0.25) is 0 Å². The van der Waals surface area contributed by atoms with Crippen LogP contribution in [-0.4, -0.2) is 44.9 Å². The summed E-state index contributed by atoms with van der Waals surface area (Å²) in [5.74, 6) is 1.63. The summed E-state index contributed by atoms with van der Waals surface area (Å²) < 4.78 is 2.23. The number of alkyl halides is 1. The number of likely N-dealkylation sites (N-methyl/N-ethyl adjacent to an activating group) is 1. The number of aromatic nitrogens is 3. The Kier molecular flexibility index (Phi) is 5.38. The fourth-order valence-electron chi connectivity index (χ4n) is 2.43. The third-order valence-corrected chi connectivity index (χ3v) is 3.85. The van der Waals surface area contributed by atoms with E-state index >= 15 is 0 Å². The van der Waals surface area contributed by atoms with Crippen LogP contribution in [0.3, 0.4) is 0 Å². The molecule has 0 saturated heterocycles. The number of hydrogen-bond acceptors (Lipinski definition) is 3. The van der Waals surface area contributed by atoms with Crippen molar-refractivity contribution in [2.24, 2.45) is 0 Å². The van der Waals surface area contributed by atoms with Crippen LogP contribution in [0.25, 0.3) is 11.2 Å². The number of imidazole rings is 1. The first-order valence-corrected chi connectivity index (χ1v) is 7.84. The number of aryl methyl sites for hydroxylation is 2. The van der Waals surface area contributed by atoms with Crippen molar-refractivity contribution in [3.63, 3.8) is 0 Å². The van der Waals surface area contributed by atoms with E-state index in [1.54, 1.807) is 0 Å². The highest BCUT2D eigenvalue weighted by Gasteiger charge is 2.12. The molecule has 0 spiro atoms. The van der Waals surface area contributed by atoms with Gasteiger partial charge in [0, 0.05) is 31.1 Å². The van der Waals surface area contributed by atoms with Gasteiger partial charge in [-0.15, -0.1) is 11.6 Å². The molecule has 0 aromatic carbocycles. The second-order valence-corrected chi connectivity index (χ2v) is 5.32. The molecule has 0 unspecified atom stereocenters. The lowest BCUT2D eigenvalue weighted by atomic mass is 10.3. The van der Waals surface area contributed by atoms with E-state index in [-0.39, 0.29) is 0 Å². The van der Waals surface area contributed by atoms with Crippen LogP contribution < -0.4 is 0 Å². The van der Waals surface area contributed by atoms with Gasteiger partial charge >= 0.3 is 0 Å². The van der Waals surface area contributed by atoms with E-state index in [2.05, 4.69) is 33.3 Å². The number of pyridine rings is 1. The standard InChI is InChI=1S/C15H23ClN4/c1-4-19(5-2)10-11-20-14(8-9-16)18-13-7-6-12(3)17-15(13)20/h6-7H,4-5,8-11H2,1-3H3. The summed E-state index contributed by atoms with van der Waals surface area (Å²) in [5.41, 5.74) is 2.98. The Morgan fingerprint density at radius 1 is 1.20 bits per heavy atom. The van der Waals surface area contributed by atoms with Gasteiger partial charge in [0.2, 0.25) is 0 Å². The molecule has 2 aromatic heterocycles. The van der Waals surface area contributed by atoms with E-state index in [1.165, 1.54) is 0 Å². The molecular weight excluding hydrogens is 272 g/mol. The maximum Gasteiger partial charge on any atom is 0.160 e. The molecule has 110 valence electrons. The molecule has 0 aliphatic rings. The lowest BCUT2D eigenvalue weighted by molar-refractivity contribution is 0.290. The Labute approximate surface area is 125 Å². The van der Waals surface area contributed by atoms with E-state index in [1.807, 2.05) is 19.1 Å². The zero-order valence-electron chi connectivity index (χ0n) is 12.6. The third kappa shape index (κ3) is 3.30. The van der Waals surface area contributed by atoms with Crippen molar-refractivity contribution in [1.82, 2.24) is 19.4 Å². The topological polar surface area (TPSA) is 34.0 Å². The average molecular weight is 295 g/mol. The average Bonchev–Trinajstić information content (AvgIpc) is 2.78. The highest BCUT2D eigenvalue weighted by Crippen LogP contribution is 2.16. The van der Waals surface area contributed by atoms with Crippen LogP contribution in [-0.2, 0) is 13.0 Å². The quantitative estimate of drug-likeness (QED) is 0.736. The van der Waals surface area contributed by atoms with Gasteiger partial charge in [0.25, 0.3) is 0 Å². The van der Waals surface area contributed by atoms with Gasteiger partial charge in [0.15, 0.2) is 5.65 Å². The van der Waals surface area contributed by atoms with Gasteiger partial charge in [-0.1, -0.05) is 13.8 Å². The summed E-state index contributed by atoms with van der Waals surface area (Å²) >= 11 is 5.90. The molecule has 2 aromatic rings. The predicted molar refractivity (Wildman–Crippen MR) is 84.5 cm³/mol. The van der Waals surface area contributed by atoms with Crippen LogP contribution in [0, 0.1) is 6.92 Å². The SMILES string of the molecule is CCN(CC)CCn1c(CCCl)nc2ccc(C)nc21. The van der Waals surface area contributed by atoms with E-state index in [0.29, 0.717) is 5.88 Å². The Hall–Kier alpha value is -1.13. The van der Waals surface area contributed by atoms with Crippen LogP contribution in [0.1, 0.15) is 25.4 Å². The van der Waals surface area contributed by atoms with Crippen LogP contribution in [0.5, 0.6) is 0 Å². The highest BCUT2D eigenvalue weighted by atomic mass is 35.5. The van der Waals surface area contributed by atoms with E-state index < -0.39 is 0 Å². The van der Waals surface area contributed by atoms with Gasteiger partial charge in [-0.05, 0) is 32.1 Å². The van der Waals surface area contributed by atoms with E-state index in [0.717, 1.165) is 55.3 Å². The summed E-state index contributed by atoms with van der Waals surface area (Å²) in [6.45, 7) is 10.5. The number of rotatable bonds is 7. The summed E-state index contributed by atoms with van der Waals surface area (Å²) in [6.07, 6.45) is 0.787. The van der Waals surface area contributed by atoms with Crippen molar-refractivity contribution in [2.45, 2.75) is 33.7 Å². The molecule has 0 aliphatic carbocycles. The summed E-state index contributed by atoms with van der Waals surface area (Å²) in [7, 11) is 0. The van der Waals surface area contributed by atoms with Gasteiger partial charge in [-0.3, -0.25) is 0 Å². The Morgan fingerprint density at radius 3 is 2.60 bits per heavy atom. The molecule has 2 heterocycles. The molecule has 0 aliphatic heterocycles. The van der Waals surface area contributed by atoms with Crippen molar-refractivity contribution < 1.29 is 0 Å². The number of fused-ring (bicyclic) bond motifs is 1. The van der Waals surface area contributed by atoms with Crippen LogP contribution >= 0.6 is 11.6 Å². The molecule has 0 amide bonds. The minimum absolute atomic E-state index is 0.591. The highest BCUT2D eigenvalue weighted by molar-refractivity contribution is 6.17. The first-order valence-electron chi connectivity index (χ1n) is 7.30.